The molecule has 0 radical (unpaired) electrons. The number of hydrogen-bond acceptors (Lipinski definition) is 4. The van der Waals surface area contributed by atoms with E-state index in [0.29, 0.717) is 18.1 Å². The standard InChI is InChI=1S/C23H39N5O/c1-18(2)27-14-10-20(11-15-27)26-23(24-3)25-17-22(28-12-5-6-13-28)19-8-7-9-21(16-19)29-4/h7-9,16,18,20,22H,5-6,10-15,17H2,1-4H3,(H2,24,25,26). The molecule has 162 valence electrons. The third-order valence-corrected chi connectivity index (χ3v) is 6.35. The van der Waals surface area contributed by atoms with E-state index in [9.17, 15) is 0 Å². The number of likely N-dealkylation sites (tertiary alicyclic amines) is 2. The lowest BCUT2D eigenvalue weighted by Gasteiger charge is -2.35. The maximum Gasteiger partial charge on any atom is 0.191 e. The van der Waals surface area contributed by atoms with Gasteiger partial charge in [-0.15, -0.1) is 0 Å². The molecule has 0 aliphatic carbocycles. The van der Waals surface area contributed by atoms with Crippen molar-refractivity contribution in [1.82, 2.24) is 20.4 Å². The zero-order valence-electron chi connectivity index (χ0n) is 18.7. The molecular weight excluding hydrogens is 362 g/mol. The van der Waals surface area contributed by atoms with Crippen molar-refractivity contribution in [3.63, 3.8) is 0 Å². The number of nitrogens with zero attached hydrogens (tertiary/aromatic N) is 3. The second-order valence-electron chi connectivity index (χ2n) is 8.54. The van der Waals surface area contributed by atoms with Gasteiger partial charge in [0.05, 0.1) is 13.2 Å². The van der Waals surface area contributed by atoms with Crippen LogP contribution in [0.25, 0.3) is 0 Å². The highest BCUT2D eigenvalue weighted by Crippen LogP contribution is 2.27. The minimum atomic E-state index is 0.328. The Morgan fingerprint density at radius 2 is 1.86 bits per heavy atom. The van der Waals surface area contributed by atoms with Gasteiger partial charge >= 0.3 is 0 Å². The maximum absolute atomic E-state index is 5.46. The van der Waals surface area contributed by atoms with Crippen LogP contribution in [0, 0.1) is 0 Å². The van der Waals surface area contributed by atoms with Gasteiger partial charge in [0.2, 0.25) is 0 Å². The van der Waals surface area contributed by atoms with Crippen molar-refractivity contribution in [2.75, 3.05) is 46.9 Å². The Morgan fingerprint density at radius 1 is 1.14 bits per heavy atom. The zero-order valence-corrected chi connectivity index (χ0v) is 18.7. The Morgan fingerprint density at radius 3 is 2.48 bits per heavy atom. The van der Waals surface area contributed by atoms with Gasteiger partial charge in [-0.3, -0.25) is 9.89 Å². The molecule has 0 spiro atoms. The summed E-state index contributed by atoms with van der Waals surface area (Å²) in [6, 6.07) is 9.95. The second kappa shape index (κ2) is 10.8. The van der Waals surface area contributed by atoms with E-state index in [1.165, 1.54) is 31.2 Å². The molecule has 3 rings (SSSR count). The highest BCUT2D eigenvalue weighted by molar-refractivity contribution is 5.80. The molecule has 6 nitrogen and oxygen atoms in total. The molecule has 2 aliphatic rings. The van der Waals surface area contributed by atoms with Crippen LogP contribution in [-0.4, -0.2) is 74.7 Å². The number of nitrogens with one attached hydrogen (secondary N) is 2. The summed E-state index contributed by atoms with van der Waals surface area (Å²) in [5.41, 5.74) is 1.31. The van der Waals surface area contributed by atoms with Crippen LogP contribution in [0.1, 0.15) is 51.1 Å². The number of aliphatic imine (C=N–C) groups is 1. The Hall–Kier alpha value is -1.79. The fraction of sp³-hybridized carbons (Fsp3) is 0.696. The average Bonchev–Trinajstić information content (AvgIpc) is 3.28. The molecule has 1 atom stereocenters. The summed E-state index contributed by atoms with van der Waals surface area (Å²) in [6.45, 7) is 10.0. The molecule has 2 heterocycles. The van der Waals surface area contributed by atoms with Crippen LogP contribution in [0.3, 0.4) is 0 Å². The molecule has 29 heavy (non-hydrogen) atoms. The summed E-state index contributed by atoms with van der Waals surface area (Å²) in [6.07, 6.45) is 4.90. The van der Waals surface area contributed by atoms with Crippen molar-refractivity contribution in [3.05, 3.63) is 29.8 Å². The van der Waals surface area contributed by atoms with Crippen LogP contribution in [0.15, 0.2) is 29.3 Å². The van der Waals surface area contributed by atoms with Gasteiger partial charge in [0.1, 0.15) is 5.75 Å². The first-order valence-corrected chi connectivity index (χ1v) is 11.2. The average molecular weight is 402 g/mol. The number of guanidine groups is 1. The van der Waals surface area contributed by atoms with Gasteiger partial charge < -0.3 is 20.3 Å². The van der Waals surface area contributed by atoms with Gasteiger partial charge in [-0.05, 0) is 70.3 Å². The molecular formula is C23H39N5O. The van der Waals surface area contributed by atoms with E-state index in [1.807, 2.05) is 13.1 Å². The van der Waals surface area contributed by atoms with Crippen molar-refractivity contribution < 1.29 is 4.74 Å². The fourth-order valence-electron chi connectivity index (χ4n) is 4.50. The Bertz CT molecular complexity index is 648. The summed E-state index contributed by atoms with van der Waals surface area (Å²) in [4.78, 5) is 9.64. The lowest BCUT2D eigenvalue weighted by atomic mass is 10.0. The molecule has 0 amide bonds. The Labute approximate surface area is 176 Å². The van der Waals surface area contributed by atoms with Crippen molar-refractivity contribution in [1.29, 1.82) is 0 Å². The van der Waals surface area contributed by atoms with E-state index in [0.717, 1.165) is 44.4 Å². The predicted molar refractivity (Wildman–Crippen MR) is 121 cm³/mol. The van der Waals surface area contributed by atoms with Crippen LogP contribution in [0.2, 0.25) is 0 Å². The smallest absolute Gasteiger partial charge is 0.191 e. The van der Waals surface area contributed by atoms with E-state index >= 15 is 0 Å². The van der Waals surface area contributed by atoms with E-state index in [4.69, 9.17) is 4.74 Å². The first kappa shape index (κ1) is 21.9. The van der Waals surface area contributed by atoms with Crippen molar-refractivity contribution >= 4 is 5.96 Å². The zero-order chi connectivity index (χ0) is 20.6. The van der Waals surface area contributed by atoms with Crippen molar-refractivity contribution in [2.24, 2.45) is 4.99 Å². The number of piperidine rings is 1. The second-order valence-corrected chi connectivity index (χ2v) is 8.54. The van der Waals surface area contributed by atoms with Crippen LogP contribution in [0.4, 0.5) is 0 Å². The Kier molecular flexibility index (Phi) is 8.19. The predicted octanol–water partition coefficient (Wildman–Crippen LogP) is 2.87. The van der Waals surface area contributed by atoms with Gasteiger partial charge in [-0.25, -0.2) is 0 Å². The molecule has 2 saturated heterocycles. The fourth-order valence-corrected chi connectivity index (χ4v) is 4.50. The molecule has 0 saturated carbocycles. The highest BCUT2D eigenvalue weighted by Gasteiger charge is 2.25. The molecule has 6 heteroatoms. The highest BCUT2D eigenvalue weighted by atomic mass is 16.5. The summed E-state index contributed by atoms with van der Waals surface area (Å²) < 4.78 is 5.46. The number of hydrogen-bond donors (Lipinski definition) is 2. The SMILES string of the molecule is CN=C(NCC(c1cccc(OC)c1)N1CCCC1)NC1CCN(C(C)C)CC1. The van der Waals surface area contributed by atoms with Gasteiger partial charge in [0.15, 0.2) is 5.96 Å². The molecule has 1 unspecified atom stereocenters. The molecule has 1 aromatic carbocycles. The molecule has 2 fully saturated rings. The third kappa shape index (κ3) is 6.09. The van der Waals surface area contributed by atoms with E-state index in [1.54, 1.807) is 7.11 Å². The van der Waals surface area contributed by atoms with Gasteiger partial charge in [-0.1, -0.05) is 12.1 Å². The third-order valence-electron chi connectivity index (χ3n) is 6.35. The van der Waals surface area contributed by atoms with Crippen LogP contribution >= 0.6 is 0 Å². The van der Waals surface area contributed by atoms with E-state index in [-0.39, 0.29) is 0 Å². The van der Waals surface area contributed by atoms with Crippen LogP contribution < -0.4 is 15.4 Å². The monoisotopic (exact) mass is 401 g/mol. The minimum absolute atomic E-state index is 0.328. The molecule has 1 aromatic rings. The van der Waals surface area contributed by atoms with Crippen LogP contribution in [-0.2, 0) is 0 Å². The van der Waals surface area contributed by atoms with Gasteiger partial charge in [0.25, 0.3) is 0 Å². The lowest BCUT2D eigenvalue weighted by Crippen LogP contribution is -2.50. The first-order chi connectivity index (χ1) is 14.1. The maximum atomic E-state index is 5.46. The summed E-state index contributed by atoms with van der Waals surface area (Å²) >= 11 is 0. The van der Waals surface area contributed by atoms with Crippen molar-refractivity contribution in [2.45, 2.75) is 57.7 Å². The normalized spacial score (nSPS) is 20.8. The van der Waals surface area contributed by atoms with Gasteiger partial charge in [-0.2, -0.15) is 0 Å². The van der Waals surface area contributed by atoms with Crippen molar-refractivity contribution in [3.8, 4) is 5.75 Å². The van der Waals surface area contributed by atoms with E-state index in [2.05, 4.69) is 57.5 Å². The first-order valence-electron chi connectivity index (χ1n) is 11.2. The number of rotatable bonds is 7. The largest absolute Gasteiger partial charge is 0.497 e. The molecule has 2 aliphatic heterocycles. The molecule has 0 aromatic heterocycles. The van der Waals surface area contributed by atoms with E-state index < -0.39 is 0 Å². The summed E-state index contributed by atoms with van der Waals surface area (Å²) in [7, 11) is 3.60. The topological polar surface area (TPSA) is 52.1 Å². The summed E-state index contributed by atoms with van der Waals surface area (Å²) in [5, 5.41) is 7.26. The molecule has 0 bridgehead atoms. The summed E-state index contributed by atoms with van der Waals surface area (Å²) in [5.74, 6) is 1.84. The number of benzene rings is 1. The minimum Gasteiger partial charge on any atom is -0.497 e. The number of ether oxygens (including phenoxy) is 1. The Balaban J connectivity index is 1.59. The van der Waals surface area contributed by atoms with Gasteiger partial charge in [0, 0.05) is 38.8 Å². The lowest BCUT2D eigenvalue weighted by molar-refractivity contribution is 0.167. The molecule has 2 N–H and O–H groups in total. The quantitative estimate of drug-likeness (QED) is 0.544. The number of methoxy groups -OCH3 is 1. The van der Waals surface area contributed by atoms with Crippen LogP contribution in [0.5, 0.6) is 5.75 Å².